The van der Waals surface area contributed by atoms with E-state index in [2.05, 4.69) is 6.07 Å². The Morgan fingerprint density at radius 2 is 1.95 bits per heavy atom. The van der Waals surface area contributed by atoms with E-state index in [-0.39, 0.29) is 11.3 Å². The van der Waals surface area contributed by atoms with Crippen molar-refractivity contribution in [3.63, 3.8) is 0 Å². The van der Waals surface area contributed by atoms with E-state index in [1.165, 1.54) is 0 Å². The molecule has 0 atom stereocenters. The van der Waals surface area contributed by atoms with Crippen molar-refractivity contribution in [2.75, 3.05) is 25.5 Å². The molecule has 0 unspecified atom stereocenters. The van der Waals surface area contributed by atoms with Crippen LogP contribution < -0.4 is 4.90 Å². The van der Waals surface area contributed by atoms with Gasteiger partial charge in [0.05, 0.1) is 11.0 Å². The van der Waals surface area contributed by atoms with E-state index in [1.54, 1.807) is 11.1 Å². The number of amides is 1. The van der Waals surface area contributed by atoms with Gasteiger partial charge in [0.15, 0.2) is 0 Å². The molecule has 1 aliphatic heterocycles. The average Bonchev–Trinajstić information content (AvgIpc) is 2.42. The highest BCUT2D eigenvalue weighted by molar-refractivity contribution is 6.04. The molecule has 0 bridgehead atoms. The van der Waals surface area contributed by atoms with Crippen LogP contribution in [-0.4, -0.2) is 31.4 Å². The first-order chi connectivity index (χ1) is 9.35. The maximum absolute atomic E-state index is 12.0. The third kappa shape index (κ3) is 2.53. The largest absolute Gasteiger partial charge is 0.382 e. The van der Waals surface area contributed by atoms with E-state index in [4.69, 9.17) is 5.26 Å². The minimum absolute atomic E-state index is 0.148. The maximum Gasteiger partial charge on any atom is 0.234 e. The van der Waals surface area contributed by atoms with Gasteiger partial charge in [-0.05, 0) is 31.5 Å². The Hall–Kier alpha value is -2.28. The van der Waals surface area contributed by atoms with Crippen molar-refractivity contribution in [1.29, 1.82) is 5.26 Å². The number of hydrogen-bond acceptors (Lipinski definition) is 3. The van der Waals surface area contributed by atoms with E-state index in [0.29, 0.717) is 5.57 Å². The van der Waals surface area contributed by atoms with Gasteiger partial charge in [-0.2, -0.15) is 5.26 Å². The first-order valence-corrected chi connectivity index (χ1v) is 6.56. The molecular weight excluding hydrogens is 250 g/mol. The fraction of sp³-hybridized carbons (Fsp3) is 0.375. The molecule has 2 rings (SSSR count). The van der Waals surface area contributed by atoms with E-state index in [9.17, 15) is 4.79 Å². The Labute approximate surface area is 119 Å². The van der Waals surface area contributed by atoms with Crippen LogP contribution in [0.4, 0.5) is 5.69 Å². The van der Waals surface area contributed by atoms with Gasteiger partial charge in [-0.15, -0.1) is 0 Å². The monoisotopic (exact) mass is 269 g/mol. The lowest BCUT2D eigenvalue weighted by molar-refractivity contribution is -0.132. The lowest BCUT2D eigenvalue weighted by atomic mass is 9.82. The fourth-order valence-corrected chi connectivity index (χ4v) is 2.26. The van der Waals surface area contributed by atoms with E-state index in [1.807, 2.05) is 57.1 Å². The highest BCUT2D eigenvalue weighted by atomic mass is 16.2. The van der Waals surface area contributed by atoms with Crippen molar-refractivity contribution >= 4 is 17.2 Å². The van der Waals surface area contributed by atoms with Crippen LogP contribution in [0.3, 0.4) is 0 Å². The zero-order valence-electron chi connectivity index (χ0n) is 12.3. The second kappa shape index (κ2) is 5.01. The smallest absolute Gasteiger partial charge is 0.234 e. The van der Waals surface area contributed by atoms with Crippen LogP contribution >= 0.6 is 0 Å². The molecule has 0 N–H and O–H groups in total. The Kier molecular flexibility index (Phi) is 3.54. The molecule has 104 valence electrons. The van der Waals surface area contributed by atoms with Crippen LogP contribution in [0.25, 0.3) is 5.57 Å². The Bertz CT molecular complexity index is 591. The molecule has 4 heteroatoms. The molecular formula is C16H19N3O. The average molecular weight is 269 g/mol. The predicted octanol–water partition coefficient (Wildman–Crippen LogP) is 2.49. The van der Waals surface area contributed by atoms with Gasteiger partial charge in [0.2, 0.25) is 5.91 Å². The zero-order valence-corrected chi connectivity index (χ0v) is 12.3. The minimum atomic E-state index is -0.249. The van der Waals surface area contributed by atoms with Crippen molar-refractivity contribution in [3.05, 3.63) is 36.0 Å². The van der Waals surface area contributed by atoms with E-state index in [0.717, 1.165) is 17.8 Å². The molecule has 4 nitrogen and oxygen atoms in total. The summed E-state index contributed by atoms with van der Waals surface area (Å²) in [4.78, 5) is 15.6. The third-order valence-electron chi connectivity index (χ3n) is 3.38. The molecule has 1 heterocycles. The number of hydrogen-bond donors (Lipinski definition) is 0. The topological polar surface area (TPSA) is 47.3 Å². The predicted molar refractivity (Wildman–Crippen MR) is 79.9 cm³/mol. The molecule has 0 radical (unpaired) electrons. The van der Waals surface area contributed by atoms with Crippen molar-refractivity contribution in [2.24, 2.45) is 5.41 Å². The van der Waals surface area contributed by atoms with Crippen LogP contribution in [0.1, 0.15) is 19.4 Å². The van der Waals surface area contributed by atoms with Gasteiger partial charge in [0, 0.05) is 32.5 Å². The molecule has 1 amide bonds. The first kappa shape index (κ1) is 14.1. The van der Waals surface area contributed by atoms with Gasteiger partial charge >= 0.3 is 0 Å². The second-order valence-corrected chi connectivity index (χ2v) is 5.94. The highest BCUT2D eigenvalue weighted by Gasteiger charge is 2.44. The summed E-state index contributed by atoms with van der Waals surface area (Å²) in [6.45, 7) is 4.64. The van der Waals surface area contributed by atoms with Crippen molar-refractivity contribution in [1.82, 2.24) is 4.90 Å². The Balaban J connectivity index is 2.20. The van der Waals surface area contributed by atoms with Crippen molar-refractivity contribution in [3.8, 4) is 6.07 Å². The van der Waals surface area contributed by atoms with Crippen LogP contribution in [0.5, 0.6) is 0 Å². The van der Waals surface area contributed by atoms with E-state index >= 15 is 0 Å². The molecule has 0 saturated carbocycles. The first-order valence-electron chi connectivity index (χ1n) is 6.56. The molecule has 1 fully saturated rings. The number of nitriles is 1. The molecule has 0 aromatic heterocycles. The maximum atomic E-state index is 12.0. The summed E-state index contributed by atoms with van der Waals surface area (Å²) in [6.07, 6.45) is 1.78. The number of benzene rings is 1. The molecule has 1 saturated heterocycles. The van der Waals surface area contributed by atoms with E-state index < -0.39 is 0 Å². The van der Waals surface area contributed by atoms with Gasteiger partial charge in [-0.1, -0.05) is 12.1 Å². The summed E-state index contributed by atoms with van der Waals surface area (Å²) in [5.74, 6) is 0.148. The van der Waals surface area contributed by atoms with Gasteiger partial charge in [0.1, 0.15) is 6.07 Å². The van der Waals surface area contributed by atoms with Crippen molar-refractivity contribution < 1.29 is 4.79 Å². The Morgan fingerprint density at radius 1 is 1.35 bits per heavy atom. The summed E-state index contributed by atoms with van der Waals surface area (Å²) in [5.41, 5.74) is 2.11. The molecule has 1 aliphatic rings. The standard InChI is InChI=1S/C16H19N3O/c1-16(2)11-19(15(16)20)14-7-5-12(6-8-14)13(9-17)10-18(3)4/h5-8,10H,11H2,1-4H3. The van der Waals surface area contributed by atoms with Crippen LogP contribution in [-0.2, 0) is 4.79 Å². The molecule has 1 aromatic carbocycles. The molecule has 0 aliphatic carbocycles. The number of β-lactam (4-membered cyclic amide) rings is 1. The number of carbonyl (C=O) groups is 1. The number of carbonyl (C=O) groups excluding carboxylic acids is 1. The normalized spacial score (nSPS) is 17.4. The summed E-state index contributed by atoms with van der Waals surface area (Å²) < 4.78 is 0. The third-order valence-corrected chi connectivity index (χ3v) is 3.38. The molecule has 0 spiro atoms. The van der Waals surface area contributed by atoms with Crippen molar-refractivity contribution in [2.45, 2.75) is 13.8 Å². The fourth-order valence-electron chi connectivity index (χ4n) is 2.26. The number of allylic oxidation sites excluding steroid dienone is 1. The summed E-state index contributed by atoms with van der Waals surface area (Å²) in [6, 6.07) is 9.73. The zero-order chi connectivity index (χ0) is 14.9. The van der Waals surface area contributed by atoms with Gasteiger partial charge in [-0.25, -0.2) is 0 Å². The van der Waals surface area contributed by atoms with Crippen LogP contribution in [0.15, 0.2) is 30.5 Å². The lowest BCUT2D eigenvalue weighted by Crippen LogP contribution is -2.58. The number of anilines is 1. The number of nitrogens with zero attached hydrogens (tertiary/aromatic N) is 3. The minimum Gasteiger partial charge on any atom is -0.382 e. The second-order valence-electron chi connectivity index (χ2n) is 5.94. The SMILES string of the molecule is CN(C)C=C(C#N)c1ccc(N2CC(C)(C)C2=O)cc1. The van der Waals surface area contributed by atoms with Crippen LogP contribution in [0.2, 0.25) is 0 Å². The lowest BCUT2D eigenvalue weighted by Gasteiger charge is -2.44. The van der Waals surface area contributed by atoms with Gasteiger partial charge < -0.3 is 9.80 Å². The highest BCUT2D eigenvalue weighted by Crippen LogP contribution is 2.35. The van der Waals surface area contributed by atoms with Gasteiger partial charge in [0.25, 0.3) is 0 Å². The quantitative estimate of drug-likeness (QED) is 0.625. The number of rotatable bonds is 3. The summed E-state index contributed by atoms with van der Waals surface area (Å²) in [5, 5.41) is 9.17. The molecule has 20 heavy (non-hydrogen) atoms. The summed E-state index contributed by atoms with van der Waals surface area (Å²) >= 11 is 0. The summed E-state index contributed by atoms with van der Waals surface area (Å²) in [7, 11) is 3.76. The Morgan fingerprint density at radius 3 is 2.35 bits per heavy atom. The van der Waals surface area contributed by atoms with Gasteiger partial charge in [-0.3, -0.25) is 4.79 Å². The molecule has 1 aromatic rings. The van der Waals surface area contributed by atoms with Crippen LogP contribution in [0, 0.1) is 16.7 Å².